The van der Waals surface area contributed by atoms with Crippen molar-refractivity contribution in [2.24, 2.45) is 0 Å². The average Bonchev–Trinajstić information content (AvgIpc) is 2.66. The molecule has 1 aliphatic heterocycles. The van der Waals surface area contributed by atoms with E-state index in [1.165, 1.54) is 28.2 Å². The molecule has 15 heavy (non-hydrogen) atoms. The van der Waals surface area contributed by atoms with Gasteiger partial charge >= 0.3 is 0 Å². The zero-order chi connectivity index (χ0) is 10.9. The molecule has 0 aromatic heterocycles. The van der Waals surface area contributed by atoms with E-state index < -0.39 is 0 Å². The van der Waals surface area contributed by atoms with Gasteiger partial charge in [0, 0.05) is 11.5 Å². The highest BCUT2D eigenvalue weighted by Gasteiger charge is 2.33. The van der Waals surface area contributed by atoms with Crippen LogP contribution in [0.1, 0.15) is 30.5 Å². The Balaban J connectivity index is 2.43. The molecule has 1 aromatic rings. The van der Waals surface area contributed by atoms with Crippen LogP contribution in [0.25, 0.3) is 0 Å². The van der Waals surface area contributed by atoms with Crippen LogP contribution in [0.4, 0.5) is 0 Å². The fourth-order valence-electron chi connectivity index (χ4n) is 2.23. The zero-order valence-electron chi connectivity index (χ0n) is 9.67. The predicted octanol–water partition coefficient (Wildman–Crippen LogP) is 4.21. The molecule has 0 amide bonds. The molecule has 2 heteroatoms. The number of benzene rings is 1. The van der Waals surface area contributed by atoms with Gasteiger partial charge in [-0.05, 0) is 37.0 Å². The van der Waals surface area contributed by atoms with E-state index in [-0.39, 0.29) is 0 Å². The van der Waals surface area contributed by atoms with Crippen LogP contribution in [0.15, 0.2) is 18.2 Å². The first-order chi connectivity index (χ1) is 7.17. The highest BCUT2D eigenvalue weighted by atomic mass is 32.2. The highest BCUT2D eigenvalue weighted by Crippen LogP contribution is 2.52. The Hall–Kier alpha value is -0.0800. The molecule has 0 bridgehead atoms. The lowest BCUT2D eigenvalue weighted by molar-refractivity contribution is 0.979. The van der Waals surface area contributed by atoms with Crippen molar-refractivity contribution in [2.45, 2.75) is 31.3 Å². The lowest BCUT2D eigenvalue weighted by Crippen LogP contribution is -2.11. The summed E-state index contributed by atoms with van der Waals surface area (Å²) in [6.07, 6.45) is 1.14. The minimum absolute atomic E-state index is 0.301. The second kappa shape index (κ2) is 4.42. The monoisotopic (exact) mass is 238 g/mol. The largest absolute Gasteiger partial charge is 0.139 e. The van der Waals surface area contributed by atoms with Gasteiger partial charge < -0.3 is 0 Å². The number of aryl methyl sites for hydroxylation is 1. The van der Waals surface area contributed by atoms with Crippen molar-refractivity contribution in [3.05, 3.63) is 34.9 Å². The number of rotatable bonds is 2. The quantitative estimate of drug-likeness (QED) is 0.757. The van der Waals surface area contributed by atoms with Gasteiger partial charge in [0.2, 0.25) is 0 Å². The maximum Gasteiger partial charge on any atom is 0.0835 e. The fourth-order valence-corrected chi connectivity index (χ4v) is 5.26. The first-order valence-electron chi connectivity index (χ1n) is 5.54. The number of hydrogen-bond donors (Lipinski definition) is 0. The van der Waals surface area contributed by atoms with Gasteiger partial charge in [-0.3, -0.25) is 0 Å². The summed E-state index contributed by atoms with van der Waals surface area (Å²) in [5, 5.41) is 0. The summed E-state index contributed by atoms with van der Waals surface area (Å²) < 4.78 is 0.301. The highest BCUT2D eigenvalue weighted by molar-refractivity contribution is 8.20. The first kappa shape index (κ1) is 11.4. The molecule has 0 unspecified atom stereocenters. The topological polar surface area (TPSA) is 0 Å². The summed E-state index contributed by atoms with van der Waals surface area (Å²) in [7, 11) is 0. The first-order valence-corrected chi connectivity index (χ1v) is 7.51. The lowest BCUT2D eigenvalue weighted by atomic mass is 9.98. The Bertz CT molecular complexity index is 352. The molecule has 0 saturated carbocycles. The van der Waals surface area contributed by atoms with Crippen molar-refractivity contribution in [1.82, 2.24) is 0 Å². The molecule has 0 spiro atoms. The van der Waals surface area contributed by atoms with Gasteiger partial charge in [-0.15, -0.1) is 23.5 Å². The van der Waals surface area contributed by atoms with Crippen molar-refractivity contribution in [2.75, 3.05) is 11.5 Å². The third-order valence-electron chi connectivity index (χ3n) is 3.15. The van der Waals surface area contributed by atoms with Gasteiger partial charge in [-0.1, -0.05) is 25.1 Å². The summed E-state index contributed by atoms with van der Waals surface area (Å²) >= 11 is 4.19. The molecule has 82 valence electrons. The third kappa shape index (κ3) is 2.07. The molecule has 0 aliphatic carbocycles. The minimum Gasteiger partial charge on any atom is -0.139 e. The third-order valence-corrected chi connectivity index (χ3v) is 6.48. The van der Waals surface area contributed by atoms with Crippen LogP contribution in [0.5, 0.6) is 0 Å². The summed E-state index contributed by atoms with van der Waals surface area (Å²) in [6.45, 7) is 6.89. The summed E-state index contributed by atoms with van der Waals surface area (Å²) in [4.78, 5) is 0. The molecule has 0 atom stereocenters. The Kier molecular flexibility index (Phi) is 3.36. The molecular formula is C13H18S2. The SMILES string of the molecule is CCc1cccc(C2(C)SCCS2)c1C. The smallest absolute Gasteiger partial charge is 0.0835 e. The summed E-state index contributed by atoms with van der Waals surface area (Å²) in [6, 6.07) is 6.78. The van der Waals surface area contributed by atoms with Gasteiger partial charge in [0.1, 0.15) is 0 Å². The van der Waals surface area contributed by atoms with Gasteiger partial charge in [0.15, 0.2) is 0 Å². The van der Waals surface area contributed by atoms with Crippen LogP contribution < -0.4 is 0 Å². The molecule has 0 radical (unpaired) electrons. The molecule has 1 saturated heterocycles. The molecular weight excluding hydrogens is 220 g/mol. The van der Waals surface area contributed by atoms with Crippen molar-refractivity contribution in [1.29, 1.82) is 0 Å². The number of hydrogen-bond acceptors (Lipinski definition) is 2. The van der Waals surface area contributed by atoms with E-state index in [2.05, 4.69) is 62.5 Å². The van der Waals surface area contributed by atoms with Crippen LogP contribution >= 0.6 is 23.5 Å². The van der Waals surface area contributed by atoms with E-state index in [0.29, 0.717) is 4.08 Å². The summed E-state index contributed by atoms with van der Waals surface area (Å²) in [5.41, 5.74) is 4.54. The van der Waals surface area contributed by atoms with Crippen LogP contribution in [-0.4, -0.2) is 11.5 Å². The summed E-state index contributed by atoms with van der Waals surface area (Å²) in [5.74, 6) is 2.58. The lowest BCUT2D eigenvalue weighted by Gasteiger charge is -2.25. The Morgan fingerprint density at radius 2 is 1.93 bits per heavy atom. The average molecular weight is 238 g/mol. The van der Waals surface area contributed by atoms with Crippen LogP contribution in [0, 0.1) is 6.92 Å². The molecule has 1 aliphatic rings. The minimum atomic E-state index is 0.301. The second-order valence-electron chi connectivity index (χ2n) is 4.09. The van der Waals surface area contributed by atoms with Gasteiger partial charge in [-0.2, -0.15) is 0 Å². The Morgan fingerprint density at radius 1 is 1.27 bits per heavy atom. The zero-order valence-corrected chi connectivity index (χ0v) is 11.3. The van der Waals surface area contributed by atoms with Crippen molar-refractivity contribution in [3.63, 3.8) is 0 Å². The maximum atomic E-state index is 2.37. The predicted molar refractivity (Wildman–Crippen MR) is 72.8 cm³/mol. The van der Waals surface area contributed by atoms with Crippen molar-refractivity contribution < 1.29 is 0 Å². The number of thioether (sulfide) groups is 2. The molecule has 2 rings (SSSR count). The Morgan fingerprint density at radius 3 is 2.53 bits per heavy atom. The molecule has 1 aromatic carbocycles. The van der Waals surface area contributed by atoms with E-state index in [9.17, 15) is 0 Å². The van der Waals surface area contributed by atoms with Gasteiger partial charge in [-0.25, -0.2) is 0 Å². The van der Waals surface area contributed by atoms with Crippen molar-refractivity contribution in [3.8, 4) is 0 Å². The van der Waals surface area contributed by atoms with E-state index >= 15 is 0 Å². The molecule has 0 N–H and O–H groups in total. The Labute approximate surface area is 101 Å². The van der Waals surface area contributed by atoms with E-state index in [1.807, 2.05) is 0 Å². The molecule has 0 nitrogen and oxygen atoms in total. The van der Waals surface area contributed by atoms with Crippen LogP contribution in [-0.2, 0) is 10.5 Å². The van der Waals surface area contributed by atoms with E-state index in [0.717, 1.165) is 6.42 Å². The standard InChI is InChI=1S/C13H18S2/c1-4-11-6-5-7-12(10(11)2)13(3)14-8-9-15-13/h5-7H,4,8-9H2,1-3H3. The van der Waals surface area contributed by atoms with Gasteiger partial charge in [0.25, 0.3) is 0 Å². The van der Waals surface area contributed by atoms with E-state index in [1.54, 1.807) is 0 Å². The normalized spacial score (nSPS) is 19.4. The van der Waals surface area contributed by atoms with Crippen LogP contribution in [0.2, 0.25) is 0 Å². The fraction of sp³-hybridized carbons (Fsp3) is 0.538. The van der Waals surface area contributed by atoms with Crippen molar-refractivity contribution >= 4 is 23.5 Å². The van der Waals surface area contributed by atoms with E-state index in [4.69, 9.17) is 0 Å². The molecule has 1 heterocycles. The van der Waals surface area contributed by atoms with Gasteiger partial charge in [0.05, 0.1) is 4.08 Å². The molecule has 1 fully saturated rings. The van der Waals surface area contributed by atoms with Crippen LogP contribution in [0.3, 0.4) is 0 Å². The second-order valence-corrected chi connectivity index (χ2v) is 7.37. The maximum absolute atomic E-state index is 2.37.